The lowest BCUT2D eigenvalue weighted by molar-refractivity contribution is -0.0523. The average molecular weight is 317 g/mol. The number of anilines is 3. The summed E-state index contributed by atoms with van der Waals surface area (Å²) in [6.07, 6.45) is 0. The predicted molar refractivity (Wildman–Crippen MR) is 72.4 cm³/mol. The van der Waals surface area contributed by atoms with Crippen LogP contribution in [0, 0.1) is 5.82 Å². The van der Waals surface area contributed by atoms with Gasteiger partial charge in [0, 0.05) is 22.7 Å². The number of benzene rings is 1. The molecule has 2 rings (SSSR count). The summed E-state index contributed by atoms with van der Waals surface area (Å²) in [6, 6.07) is 3.25. The van der Waals surface area contributed by atoms with Crippen molar-refractivity contribution in [3.05, 3.63) is 24.0 Å². The number of alkyl halides is 2. The molecule has 0 amide bonds. The molecule has 21 heavy (non-hydrogen) atoms. The van der Waals surface area contributed by atoms with E-state index in [-0.39, 0.29) is 27.4 Å². The number of aromatic nitrogens is 2. The van der Waals surface area contributed by atoms with E-state index in [0.717, 1.165) is 23.9 Å². The van der Waals surface area contributed by atoms with E-state index in [1.54, 1.807) is 0 Å². The molecule has 1 aromatic carbocycles. The van der Waals surface area contributed by atoms with Crippen molar-refractivity contribution in [3.63, 3.8) is 0 Å². The zero-order chi connectivity index (χ0) is 15.6. The largest absolute Gasteiger partial charge is 0.432 e. The monoisotopic (exact) mass is 317 g/mol. The molecule has 10 heteroatoms. The molecule has 0 unspecified atom stereocenters. The zero-order valence-electron chi connectivity index (χ0n) is 10.4. The number of ether oxygens (including phenoxy) is 1. The number of halogens is 3. The lowest BCUT2D eigenvalue weighted by Crippen LogP contribution is -2.05. The van der Waals surface area contributed by atoms with Gasteiger partial charge in [0.25, 0.3) is 0 Å². The molecule has 0 atom stereocenters. The molecule has 0 aliphatic heterocycles. The van der Waals surface area contributed by atoms with Gasteiger partial charge in [0.2, 0.25) is 0 Å². The highest BCUT2D eigenvalue weighted by atomic mass is 32.2. The van der Waals surface area contributed by atoms with E-state index in [2.05, 4.69) is 14.7 Å². The Bertz CT molecular complexity index is 650. The minimum atomic E-state index is -3.15. The third-order valence-corrected chi connectivity index (χ3v) is 3.17. The standard InChI is InChI=1S/C11H10F3N5OS/c12-4-1-5(15)7(2-6(4)20-10(13)14)21-11-18-8(16)3-9(17)19-11/h1-3,10H,15H2,(H4,16,17,18,19). The van der Waals surface area contributed by atoms with Gasteiger partial charge in [-0.15, -0.1) is 0 Å². The van der Waals surface area contributed by atoms with Gasteiger partial charge in [-0.05, 0) is 17.8 Å². The maximum Gasteiger partial charge on any atom is 0.387 e. The van der Waals surface area contributed by atoms with Gasteiger partial charge < -0.3 is 21.9 Å². The summed E-state index contributed by atoms with van der Waals surface area (Å²) in [6.45, 7) is -3.15. The lowest BCUT2D eigenvalue weighted by Gasteiger charge is -2.10. The highest BCUT2D eigenvalue weighted by Gasteiger charge is 2.15. The number of rotatable bonds is 4. The molecular weight excluding hydrogens is 307 g/mol. The van der Waals surface area contributed by atoms with E-state index >= 15 is 0 Å². The van der Waals surface area contributed by atoms with Gasteiger partial charge in [-0.25, -0.2) is 14.4 Å². The summed E-state index contributed by atoms with van der Waals surface area (Å²) in [7, 11) is 0. The summed E-state index contributed by atoms with van der Waals surface area (Å²) in [5.74, 6) is -1.35. The van der Waals surface area contributed by atoms with Crippen LogP contribution in [0.3, 0.4) is 0 Å². The second kappa shape index (κ2) is 5.95. The molecule has 0 saturated heterocycles. The predicted octanol–water partition coefficient (Wildman–Crippen LogP) is 2.11. The smallest absolute Gasteiger partial charge is 0.387 e. The fourth-order valence-electron chi connectivity index (χ4n) is 1.43. The Morgan fingerprint density at radius 2 is 1.67 bits per heavy atom. The van der Waals surface area contributed by atoms with Crippen molar-refractivity contribution < 1.29 is 17.9 Å². The molecule has 0 aliphatic carbocycles. The second-order valence-corrected chi connectivity index (χ2v) is 4.81. The van der Waals surface area contributed by atoms with Crippen molar-refractivity contribution in [2.75, 3.05) is 17.2 Å². The van der Waals surface area contributed by atoms with Gasteiger partial charge >= 0.3 is 6.61 Å². The van der Waals surface area contributed by atoms with Crippen LogP contribution in [-0.4, -0.2) is 16.6 Å². The van der Waals surface area contributed by atoms with E-state index in [1.807, 2.05) is 0 Å². The van der Waals surface area contributed by atoms with Crippen LogP contribution in [0.5, 0.6) is 5.75 Å². The summed E-state index contributed by atoms with van der Waals surface area (Å²) >= 11 is 0.894. The maximum absolute atomic E-state index is 13.4. The number of nitrogens with zero attached hydrogens (tertiary/aromatic N) is 2. The molecular formula is C11H10F3N5OS. The first-order valence-electron chi connectivity index (χ1n) is 5.47. The SMILES string of the molecule is Nc1cc(N)nc(Sc2cc(OC(F)F)c(F)cc2N)n1. The van der Waals surface area contributed by atoms with Crippen LogP contribution in [0.15, 0.2) is 28.3 Å². The zero-order valence-corrected chi connectivity index (χ0v) is 11.2. The minimum absolute atomic E-state index is 0.0173. The fraction of sp³-hybridized carbons (Fsp3) is 0.0909. The first-order valence-corrected chi connectivity index (χ1v) is 6.28. The summed E-state index contributed by atoms with van der Waals surface area (Å²) in [4.78, 5) is 8.02. The van der Waals surface area contributed by atoms with Crippen molar-refractivity contribution in [1.82, 2.24) is 9.97 Å². The van der Waals surface area contributed by atoms with Gasteiger partial charge in [0.15, 0.2) is 16.7 Å². The highest BCUT2D eigenvalue weighted by Crippen LogP contribution is 2.35. The average Bonchev–Trinajstić information content (AvgIpc) is 2.33. The molecule has 6 N–H and O–H groups in total. The Kier molecular flexibility index (Phi) is 4.26. The summed E-state index contributed by atoms with van der Waals surface area (Å²) in [5.41, 5.74) is 16.7. The van der Waals surface area contributed by atoms with Crippen LogP contribution >= 0.6 is 11.8 Å². The van der Waals surface area contributed by atoms with Crippen molar-refractivity contribution in [1.29, 1.82) is 0 Å². The molecule has 0 aliphatic rings. The molecule has 0 saturated carbocycles. The van der Waals surface area contributed by atoms with Crippen LogP contribution in [0.4, 0.5) is 30.5 Å². The Balaban J connectivity index is 2.34. The van der Waals surface area contributed by atoms with Crippen LogP contribution < -0.4 is 21.9 Å². The third kappa shape index (κ3) is 3.81. The van der Waals surface area contributed by atoms with Gasteiger partial charge in [-0.2, -0.15) is 8.78 Å². The Hall–Kier alpha value is -2.36. The molecule has 2 aromatic rings. The van der Waals surface area contributed by atoms with Crippen molar-refractivity contribution in [2.24, 2.45) is 0 Å². The second-order valence-electron chi connectivity index (χ2n) is 3.80. The van der Waals surface area contributed by atoms with E-state index < -0.39 is 18.2 Å². The molecule has 0 spiro atoms. The summed E-state index contributed by atoms with van der Waals surface area (Å²) < 4.78 is 41.9. The van der Waals surface area contributed by atoms with E-state index in [4.69, 9.17) is 17.2 Å². The van der Waals surface area contributed by atoms with Crippen LogP contribution in [-0.2, 0) is 0 Å². The summed E-state index contributed by atoms with van der Waals surface area (Å²) in [5, 5.41) is 0.147. The Morgan fingerprint density at radius 1 is 1.05 bits per heavy atom. The molecule has 0 fully saturated rings. The van der Waals surface area contributed by atoms with Crippen molar-refractivity contribution >= 4 is 29.1 Å². The normalized spacial score (nSPS) is 10.9. The quantitative estimate of drug-likeness (QED) is 0.584. The van der Waals surface area contributed by atoms with E-state index in [9.17, 15) is 13.2 Å². The van der Waals surface area contributed by atoms with Crippen LogP contribution in [0.1, 0.15) is 0 Å². The number of nitrogens with two attached hydrogens (primary N) is 3. The minimum Gasteiger partial charge on any atom is -0.432 e. The molecule has 0 bridgehead atoms. The Labute approximate surface area is 121 Å². The lowest BCUT2D eigenvalue weighted by atomic mass is 10.3. The molecule has 112 valence electrons. The molecule has 0 radical (unpaired) electrons. The van der Waals surface area contributed by atoms with E-state index in [1.165, 1.54) is 6.07 Å². The van der Waals surface area contributed by atoms with Crippen molar-refractivity contribution in [3.8, 4) is 5.75 Å². The van der Waals surface area contributed by atoms with Gasteiger partial charge in [-0.1, -0.05) is 0 Å². The first kappa shape index (κ1) is 15.0. The van der Waals surface area contributed by atoms with Gasteiger partial charge in [0.05, 0.1) is 0 Å². The van der Waals surface area contributed by atoms with Crippen molar-refractivity contribution in [2.45, 2.75) is 16.7 Å². The first-order chi connectivity index (χ1) is 9.85. The third-order valence-electron chi connectivity index (χ3n) is 2.23. The topological polar surface area (TPSA) is 113 Å². The maximum atomic E-state index is 13.4. The van der Waals surface area contributed by atoms with E-state index in [0.29, 0.717) is 0 Å². The van der Waals surface area contributed by atoms with Crippen LogP contribution in [0.25, 0.3) is 0 Å². The number of nitrogen functional groups attached to an aromatic ring is 3. The fourth-order valence-corrected chi connectivity index (χ4v) is 2.27. The highest BCUT2D eigenvalue weighted by molar-refractivity contribution is 7.99. The number of hydrogen-bond donors (Lipinski definition) is 3. The van der Waals surface area contributed by atoms with Gasteiger partial charge in [0.1, 0.15) is 11.6 Å². The molecule has 1 heterocycles. The van der Waals surface area contributed by atoms with Crippen LogP contribution in [0.2, 0.25) is 0 Å². The van der Waals surface area contributed by atoms with Gasteiger partial charge in [-0.3, -0.25) is 0 Å². The Morgan fingerprint density at radius 3 is 2.24 bits per heavy atom. The molecule has 1 aromatic heterocycles. The molecule has 6 nitrogen and oxygen atoms in total. The number of hydrogen-bond acceptors (Lipinski definition) is 7.